The Bertz CT molecular complexity index is 867. The number of carbonyl (C=O) groups excluding carboxylic acids is 1. The highest BCUT2D eigenvalue weighted by Gasteiger charge is 2.18. The number of carbonyl (C=O) groups is 1. The van der Waals surface area contributed by atoms with Crippen LogP contribution in [0.5, 0.6) is 0 Å². The molecule has 0 saturated heterocycles. The van der Waals surface area contributed by atoms with Gasteiger partial charge in [-0.2, -0.15) is 0 Å². The summed E-state index contributed by atoms with van der Waals surface area (Å²) in [5, 5.41) is 0.249. The number of amides is 1. The molecule has 8 heteroatoms. The fourth-order valence-corrected chi connectivity index (χ4v) is 4.17. The first kappa shape index (κ1) is 18.6. The standard InChI is InChI=1S/C16H17ClN2O3S2/c1-11-14(17)8-5-9-15(11)24(21,22)18-12-6-4-7-13(10-12)23-16(20)19(2)3/h4-10,18H,1-3H3. The lowest BCUT2D eigenvalue weighted by molar-refractivity contribution is 0.241. The monoisotopic (exact) mass is 384 g/mol. The van der Waals surface area contributed by atoms with E-state index >= 15 is 0 Å². The van der Waals surface area contributed by atoms with Gasteiger partial charge < -0.3 is 4.90 Å². The Morgan fingerprint density at radius 1 is 1.17 bits per heavy atom. The van der Waals surface area contributed by atoms with E-state index in [0.717, 1.165) is 11.8 Å². The van der Waals surface area contributed by atoms with E-state index in [2.05, 4.69) is 4.72 Å². The van der Waals surface area contributed by atoms with Crippen LogP contribution < -0.4 is 4.72 Å². The maximum absolute atomic E-state index is 12.6. The predicted molar refractivity (Wildman–Crippen MR) is 98.4 cm³/mol. The van der Waals surface area contributed by atoms with Gasteiger partial charge in [0, 0.05) is 29.7 Å². The van der Waals surface area contributed by atoms with E-state index in [4.69, 9.17) is 11.6 Å². The van der Waals surface area contributed by atoms with Crippen LogP contribution in [0.2, 0.25) is 5.02 Å². The maximum atomic E-state index is 12.6. The van der Waals surface area contributed by atoms with Crippen molar-refractivity contribution in [3.8, 4) is 0 Å². The molecule has 0 spiro atoms. The first-order chi connectivity index (χ1) is 11.2. The van der Waals surface area contributed by atoms with Crippen LogP contribution in [0.15, 0.2) is 52.3 Å². The Balaban J connectivity index is 2.27. The highest BCUT2D eigenvalue weighted by molar-refractivity contribution is 8.13. The van der Waals surface area contributed by atoms with Gasteiger partial charge in [0.05, 0.1) is 4.90 Å². The minimum absolute atomic E-state index is 0.123. The number of thioether (sulfide) groups is 1. The van der Waals surface area contributed by atoms with Crippen LogP contribution in [-0.2, 0) is 10.0 Å². The summed E-state index contributed by atoms with van der Waals surface area (Å²) in [4.78, 5) is 14.0. The van der Waals surface area contributed by atoms with Gasteiger partial charge in [-0.15, -0.1) is 0 Å². The van der Waals surface area contributed by atoms with Crippen molar-refractivity contribution in [1.82, 2.24) is 4.90 Å². The molecule has 1 amide bonds. The Morgan fingerprint density at radius 2 is 1.83 bits per heavy atom. The molecule has 0 aliphatic carbocycles. The number of nitrogens with one attached hydrogen (secondary N) is 1. The zero-order valence-corrected chi connectivity index (χ0v) is 15.8. The molecule has 2 aromatic rings. The summed E-state index contributed by atoms with van der Waals surface area (Å²) in [5.41, 5.74) is 0.867. The summed E-state index contributed by atoms with van der Waals surface area (Å²) in [6, 6.07) is 11.4. The molecule has 0 aromatic heterocycles. The molecule has 0 bridgehead atoms. The first-order valence-corrected chi connectivity index (χ1v) is 9.65. The first-order valence-electron chi connectivity index (χ1n) is 6.98. The minimum atomic E-state index is -3.77. The van der Waals surface area contributed by atoms with Crippen molar-refractivity contribution in [1.29, 1.82) is 0 Å². The fourth-order valence-electron chi connectivity index (χ4n) is 1.90. The van der Waals surface area contributed by atoms with Crippen molar-refractivity contribution in [2.24, 2.45) is 0 Å². The second kappa shape index (κ2) is 7.46. The molecule has 0 saturated carbocycles. The zero-order valence-electron chi connectivity index (χ0n) is 13.4. The largest absolute Gasteiger partial charge is 0.339 e. The van der Waals surface area contributed by atoms with E-state index in [1.54, 1.807) is 57.4 Å². The smallest absolute Gasteiger partial charge is 0.285 e. The molecular formula is C16H17ClN2O3S2. The van der Waals surface area contributed by atoms with E-state index in [9.17, 15) is 13.2 Å². The molecule has 0 heterocycles. The number of nitrogens with zero attached hydrogens (tertiary/aromatic N) is 1. The molecule has 5 nitrogen and oxygen atoms in total. The normalized spacial score (nSPS) is 11.2. The van der Waals surface area contributed by atoms with Crippen LogP contribution in [0.4, 0.5) is 10.5 Å². The summed E-state index contributed by atoms with van der Waals surface area (Å²) in [6.45, 7) is 1.65. The summed E-state index contributed by atoms with van der Waals surface area (Å²) in [5.74, 6) is 0. The Hall–Kier alpha value is -1.70. The van der Waals surface area contributed by atoms with Crippen LogP contribution in [0.3, 0.4) is 0 Å². The third-order valence-electron chi connectivity index (χ3n) is 3.16. The predicted octanol–water partition coefficient (Wildman–Crippen LogP) is 4.22. The highest BCUT2D eigenvalue weighted by Crippen LogP contribution is 2.27. The molecule has 0 aliphatic rings. The van der Waals surface area contributed by atoms with Crippen molar-refractivity contribution in [3.63, 3.8) is 0 Å². The summed E-state index contributed by atoms with van der Waals surface area (Å²) >= 11 is 7.02. The van der Waals surface area contributed by atoms with Crippen LogP contribution in [0, 0.1) is 6.92 Å². The van der Waals surface area contributed by atoms with Crippen molar-refractivity contribution < 1.29 is 13.2 Å². The average molecular weight is 385 g/mol. The summed E-state index contributed by atoms with van der Waals surface area (Å²) < 4.78 is 27.7. The molecule has 1 N–H and O–H groups in total. The quantitative estimate of drug-likeness (QED) is 0.801. The third kappa shape index (κ3) is 4.43. The molecule has 2 rings (SSSR count). The van der Waals surface area contributed by atoms with E-state index in [1.165, 1.54) is 11.0 Å². The Labute approximate surface area is 151 Å². The maximum Gasteiger partial charge on any atom is 0.285 e. The number of sulfonamides is 1. The van der Waals surface area contributed by atoms with Gasteiger partial charge in [0.25, 0.3) is 15.3 Å². The van der Waals surface area contributed by atoms with Crippen LogP contribution >= 0.6 is 23.4 Å². The summed E-state index contributed by atoms with van der Waals surface area (Å²) in [7, 11) is -0.454. The molecule has 24 heavy (non-hydrogen) atoms. The van der Waals surface area contributed by atoms with Crippen LogP contribution in [0.25, 0.3) is 0 Å². The SMILES string of the molecule is Cc1c(Cl)cccc1S(=O)(=O)Nc1cccc(SC(=O)N(C)C)c1. The lowest BCUT2D eigenvalue weighted by Crippen LogP contribution is -2.16. The number of hydrogen-bond acceptors (Lipinski definition) is 4. The van der Waals surface area contributed by atoms with Crippen LogP contribution in [0.1, 0.15) is 5.56 Å². The Kier molecular flexibility index (Phi) is 5.79. The topological polar surface area (TPSA) is 66.5 Å². The lowest BCUT2D eigenvalue weighted by Gasteiger charge is -2.13. The van der Waals surface area contributed by atoms with E-state index in [1.807, 2.05) is 0 Å². The molecular weight excluding hydrogens is 368 g/mol. The number of hydrogen-bond donors (Lipinski definition) is 1. The molecule has 2 aromatic carbocycles. The number of rotatable bonds is 4. The third-order valence-corrected chi connectivity index (χ3v) is 6.13. The van der Waals surface area contributed by atoms with Gasteiger partial charge in [0.15, 0.2) is 0 Å². The second-order valence-corrected chi connectivity index (χ2v) is 8.34. The van der Waals surface area contributed by atoms with Crippen molar-refractivity contribution in [2.45, 2.75) is 16.7 Å². The van der Waals surface area contributed by atoms with E-state index in [0.29, 0.717) is 21.2 Å². The van der Waals surface area contributed by atoms with Gasteiger partial charge in [0.1, 0.15) is 0 Å². The van der Waals surface area contributed by atoms with E-state index in [-0.39, 0.29) is 10.1 Å². The lowest BCUT2D eigenvalue weighted by atomic mass is 10.2. The average Bonchev–Trinajstić information content (AvgIpc) is 2.49. The molecule has 0 aliphatic heterocycles. The molecule has 0 atom stereocenters. The van der Waals surface area contributed by atoms with Gasteiger partial charge >= 0.3 is 0 Å². The van der Waals surface area contributed by atoms with E-state index < -0.39 is 10.0 Å². The van der Waals surface area contributed by atoms with Gasteiger partial charge in [0.2, 0.25) is 0 Å². The molecule has 0 radical (unpaired) electrons. The minimum Gasteiger partial charge on any atom is -0.339 e. The second-order valence-electron chi connectivity index (χ2n) is 5.26. The molecule has 0 fully saturated rings. The molecule has 128 valence electrons. The Morgan fingerprint density at radius 3 is 2.50 bits per heavy atom. The fraction of sp³-hybridized carbons (Fsp3) is 0.188. The van der Waals surface area contributed by atoms with Crippen molar-refractivity contribution >= 4 is 44.3 Å². The molecule has 0 unspecified atom stereocenters. The van der Waals surface area contributed by atoms with Gasteiger partial charge in [-0.25, -0.2) is 8.42 Å². The van der Waals surface area contributed by atoms with Crippen LogP contribution in [-0.4, -0.2) is 32.7 Å². The number of halogens is 1. The summed E-state index contributed by atoms with van der Waals surface area (Å²) in [6.07, 6.45) is 0. The van der Waals surface area contributed by atoms with Gasteiger partial charge in [-0.05, 0) is 54.6 Å². The zero-order chi connectivity index (χ0) is 17.9. The number of anilines is 1. The highest BCUT2D eigenvalue weighted by atomic mass is 35.5. The number of benzene rings is 2. The van der Waals surface area contributed by atoms with Crippen molar-refractivity contribution in [3.05, 3.63) is 53.1 Å². The van der Waals surface area contributed by atoms with Gasteiger partial charge in [-0.3, -0.25) is 9.52 Å². The van der Waals surface area contributed by atoms with Gasteiger partial charge in [-0.1, -0.05) is 23.7 Å². The van der Waals surface area contributed by atoms with Crippen molar-refractivity contribution in [2.75, 3.05) is 18.8 Å².